The third kappa shape index (κ3) is 7.98. The second-order valence-electron chi connectivity index (χ2n) is 6.65. The minimum atomic E-state index is -1.15. The third-order valence-corrected chi connectivity index (χ3v) is 5.07. The fraction of sp³-hybridized carbons (Fsp3) is 0.182. The molecule has 0 bridgehead atoms. The van der Waals surface area contributed by atoms with E-state index >= 15 is 0 Å². The van der Waals surface area contributed by atoms with Gasteiger partial charge in [-0.1, -0.05) is 0 Å². The van der Waals surface area contributed by atoms with Gasteiger partial charge in [0.25, 0.3) is 0 Å². The zero-order chi connectivity index (χ0) is 23.0. The fourth-order valence-electron chi connectivity index (χ4n) is 2.40. The fourth-order valence-corrected chi connectivity index (χ4v) is 3.26. The molecule has 0 saturated heterocycles. The van der Waals surface area contributed by atoms with E-state index in [1.54, 1.807) is 55.5 Å². The van der Waals surface area contributed by atoms with Crippen LogP contribution in [0, 0.1) is 0 Å². The van der Waals surface area contributed by atoms with Crippen molar-refractivity contribution in [2.24, 2.45) is 0 Å². The van der Waals surface area contributed by atoms with Crippen molar-refractivity contribution in [2.75, 3.05) is 16.0 Å². The lowest BCUT2D eigenvalue weighted by Gasteiger charge is -2.13. The summed E-state index contributed by atoms with van der Waals surface area (Å²) in [7, 11) is 0. The molecular formula is C22H23N3O5S. The van der Waals surface area contributed by atoms with Crippen molar-refractivity contribution in [3.63, 3.8) is 0 Å². The normalized spacial score (nSPS) is 11.9. The second-order valence-corrected chi connectivity index (χ2v) is 8.07. The average molecular weight is 442 g/mol. The van der Waals surface area contributed by atoms with Crippen LogP contribution >= 0.6 is 11.8 Å². The lowest BCUT2D eigenvalue weighted by molar-refractivity contribution is -0.132. The van der Waals surface area contributed by atoms with Gasteiger partial charge in [-0.2, -0.15) is 0 Å². The van der Waals surface area contributed by atoms with Crippen LogP contribution in [0.5, 0.6) is 0 Å². The molecule has 162 valence electrons. The number of amides is 3. The van der Waals surface area contributed by atoms with Gasteiger partial charge in [-0.3, -0.25) is 14.4 Å². The summed E-state index contributed by atoms with van der Waals surface area (Å²) in [5, 5.41) is 16.5. The summed E-state index contributed by atoms with van der Waals surface area (Å²) in [4.78, 5) is 46.9. The Labute approximate surface area is 184 Å². The number of anilines is 3. The first kappa shape index (κ1) is 23.7. The molecule has 0 saturated carbocycles. The number of carboxylic acid groups (broad SMARTS) is 1. The molecule has 2 aromatic carbocycles. The third-order valence-electron chi connectivity index (χ3n) is 3.96. The van der Waals surface area contributed by atoms with Gasteiger partial charge in [0.2, 0.25) is 17.7 Å². The van der Waals surface area contributed by atoms with Gasteiger partial charge < -0.3 is 21.1 Å². The van der Waals surface area contributed by atoms with E-state index in [1.807, 2.05) is 0 Å². The predicted octanol–water partition coefficient (Wildman–Crippen LogP) is 3.73. The molecule has 1 unspecified atom stereocenters. The van der Waals surface area contributed by atoms with Crippen LogP contribution in [-0.2, 0) is 19.2 Å². The van der Waals surface area contributed by atoms with E-state index in [4.69, 9.17) is 5.11 Å². The van der Waals surface area contributed by atoms with Crippen LogP contribution in [-0.4, -0.2) is 34.0 Å². The number of hydrogen-bond acceptors (Lipinski definition) is 5. The molecule has 0 aromatic heterocycles. The Balaban J connectivity index is 1.90. The number of carbonyl (C=O) groups excluding carboxylic acids is 3. The van der Waals surface area contributed by atoms with E-state index < -0.39 is 11.9 Å². The highest BCUT2D eigenvalue weighted by molar-refractivity contribution is 8.00. The molecule has 31 heavy (non-hydrogen) atoms. The summed E-state index contributed by atoms with van der Waals surface area (Å²) in [6, 6.07) is 13.7. The SMILES string of the molecule is CC(=O)Nc1ccc(NC(=O)C(C)Sc2ccc(NC(=O)/C=C(/C)C(=O)O)cc2)cc1. The van der Waals surface area contributed by atoms with Crippen molar-refractivity contribution in [3.05, 3.63) is 60.2 Å². The largest absolute Gasteiger partial charge is 0.478 e. The van der Waals surface area contributed by atoms with Crippen molar-refractivity contribution in [1.82, 2.24) is 0 Å². The summed E-state index contributed by atoms with van der Waals surface area (Å²) in [5.74, 6) is -2.03. The number of thioether (sulfide) groups is 1. The molecule has 2 aromatic rings. The predicted molar refractivity (Wildman–Crippen MR) is 121 cm³/mol. The maximum absolute atomic E-state index is 12.4. The molecule has 4 N–H and O–H groups in total. The van der Waals surface area contributed by atoms with Crippen molar-refractivity contribution >= 4 is 52.5 Å². The molecular weight excluding hydrogens is 418 g/mol. The van der Waals surface area contributed by atoms with Gasteiger partial charge in [0.15, 0.2) is 0 Å². The molecule has 0 spiro atoms. The molecule has 0 aliphatic carbocycles. The molecule has 0 radical (unpaired) electrons. The first-order valence-corrected chi connectivity index (χ1v) is 10.2. The Kier molecular flexibility index (Phi) is 8.39. The molecule has 0 fully saturated rings. The van der Waals surface area contributed by atoms with E-state index in [1.165, 1.54) is 25.6 Å². The number of aliphatic carboxylic acids is 1. The molecule has 1 atom stereocenters. The number of carboxylic acids is 1. The van der Waals surface area contributed by atoms with Crippen molar-refractivity contribution in [1.29, 1.82) is 0 Å². The number of benzene rings is 2. The zero-order valence-corrected chi connectivity index (χ0v) is 18.1. The lowest BCUT2D eigenvalue weighted by Crippen LogP contribution is -2.22. The first-order valence-electron chi connectivity index (χ1n) is 9.32. The van der Waals surface area contributed by atoms with Gasteiger partial charge >= 0.3 is 5.97 Å². The number of rotatable bonds is 8. The highest BCUT2D eigenvalue weighted by Crippen LogP contribution is 2.26. The molecule has 2 rings (SSSR count). The van der Waals surface area contributed by atoms with Crippen molar-refractivity contribution < 1.29 is 24.3 Å². The lowest BCUT2D eigenvalue weighted by atomic mass is 10.2. The molecule has 8 nitrogen and oxygen atoms in total. The smallest absolute Gasteiger partial charge is 0.331 e. The molecule has 0 heterocycles. The van der Waals surface area contributed by atoms with Gasteiger partial charge in [-0.05, 0) is 62.4 Å². The maximum atomic E-state index is 12.4. The van der Waals surface area contributed by atoms with Crippen LogP contribution in [0.15, 0.2) is 65.1 Å². The topological polar surface area (TPSA) is 125 Å². The van der Waals surface area contributed by atoms with Crippen LogP contribution in [0.1, 0.15) is 20.8 Å². The van der Waals surface area contributed by atoms with Crippen LogP contribution in [0.25, 0.3) is 0 Å². The van der Waals surface area contributed by atoms with Crippen LogP contribution in [0.2, 0.25) is 0 Å². The van der Waals surface area contributed by atoms with E-state index in [0.717, 1.165) is 11.0 Å². The molecule has 0 aliphatic heterocycles. The molecule has 9 heteroatoms. The van der Waals surface area contributed by atoms with Gasteiger partial charge in [0.1, 0.15) is 0 Å². The first-order chi connectivity index (χ1) is 14.6. The second kappa shape index (κ2) is 11.0. The summed E-state index contributed by atoms with van der Waals surface area (Å²) in [6.07, 6.45) is 1.01. The number of hydrogen-bond donors (Lipinski definition) is 4. The van der Waals surface area contributed by atoms with Crippen molar-refractivity contribution in [3.8, 4) is 0 Å². The number of nitrogens with one attached hydrogen (secondary N) is 3. The Morgan fingerprint density at radius 3 is 1.84 bits per heavy atom. The summed E-state index contributed by atoms with van der Waals surface area (Å²) in [6.45, 7) is 4.54. The number of carbonyl (C=O) groups is 4. The van der Waals surface area contributed by atoms with Crippen LogP contribution < -0.4 is 16.0 Å². The Morgan fingerprint density at radius 1 is 0.839 bits per heavy atom. The van der Waals surface area contributed by atoms with E-state index in [-0.39, 0.29) is 22.6 Å². The van der Waals surface area contributed by atoms with Gasteiger partial charge in [0, 0.05) is 40.5 Å². The summed E-state index contributed by atoms with van der Waals surface area (Å²) >= 11 is 1.35. The van der Waals surface area contributed by atoms with Crippen LogP contribution in [0.4, 0.5) is 17.1 Å². The summed E-state index contributed by atoms with van der Waals surface area (Å²) < 4.78 is 0. The average Bonchev–Trinajstić information content (AvgIpc) is 2.70. The highest BCUT2D eigenvalue weighted by Gasteiger charge is 2.15. The van der Waals surface area contributed by atoms with E-state index in [9.17, 15) is 19.2 Å². The van der Waals surface area contributed by atoms with Crippen LogP contribution in [0.3, 0.4) is 0 Å². The van der Waals surface area contributed by atoms with Gasteiger partial charge in [0.05, 0.1) is 5.25 Å². The van der Waals surface area contributed by atoms with Gasteiger partial charge in [-0.15, -0.1) is 11.8 Å². The Hall–Kier alpha value is -3.59. The van der Waals surface area contributed by atoms with E-state index in [2.05, 4.69) is 16.0 Å². The summed E-state index contributed by atoms with van der Waals surface area (Å²) in [5.41, 5.74) is 1.72. The standard InChI is InChI=1S/C22H23N3O5S/c1-13(22(29)30)12-20(27)24-17-8-10-19(11-9-17)31-14(2)21(28)25-18-6-4-16(5-7-18)23-15(3)26/h4-12,14H,1-3H3,(H,23,26)(H,24,27)(H,25,28)(H,29,30)/b13-12-. The minimum Gasteiger partial charge on any atom is -0.478 e. The molecule has 3 amide bonds. The monoisotopic (exact) mass is 441 g/mol. The molecule has 0 aliphatic rings. The Morgan fingerprint density at radius 2 is 1.32 bits per heavy atom. The van der Waals surface area contributed by atoms with Gasteiger partial charge in [-0.25, -0.2) is 4.79 Å². The highest BCUT2D eigenvalue weighted by atomic mass is 32.2. The maximum Gasteiger partial charge on any atom is 0.331 e. The Bertz CT molecular complexity index is 1000. The quantitative estimate of drug-likeness (QED) is 0.365. The van der Waals surface area contributed by atoms with E-state index in [0.29, 0.717) is 17.1 Å². The zero-order valence-electron chi connectivity index (χ0n) is 17.3. The van der Waals surface area contributed by atoms with Crippen molar-refractivity contribution in [2.45, 2.75) is 30.9 Å². The minimum absolute atomic E-state index is 0.0609.